The van der Waals surface area contributed by atoms with Gasteiger partial charge < -0.3 is 15.5 Å². The van der Waals surface area contributed by atoms with E-state index >= 15 is 0 Å². The van der Waals surface area contributed by atoms with E-state index in [1.54, 1.807) is 30.3 Å². The highest BCUT2D eigenvalue weighted by atomic mass is 16.6. The molecular formula is C29H30N4O4. The first-order valence-electron chi connectivity index (χ1n) is 12.0. The molecule has 8 nitrogen and oxygen atoms in total. The van der Waals surface area contributed by atoms with Gasteiger partial charge in [-0.05, 0) is 81.5 Å². The maximum absolute atomic E-state index is 13.1. The lowest BCUT2D eigenvalue weighted by Crippen LogP contribution is -2.25. The quantitative estimate of drug-likeness (QED) is 0.166. The van der Waals surface area contributed by atoms with Gasteiger partial charge in [0.15, 0.2) is 0 Å². The van der Waals surface area contributed by atoms with Gasteiger partial charge in [-0.15, -0.1) is 0 Å². The Balaban J connectivity index is 1.59. The second kappa shape index (κ2) is 11.6. The number of aldehydes is 1. The minimum atomic E-state index is -0.330. The molecule has 2 amide bonds. The van der Waals surface area contributed by atoms with Crippen molar-refractivity contribution in [1.29, 1.82) is 0 Å². The molecule has 0 aromatic heterocycles. The van der Waals surface area contributed by atoms with Gasteiger partial charge in [0, 0.05) is 28.1 Å². The van der Waals surface area contributed by atoms with Crippen LogP contribution in [0.1, 0.15) is 43.8 Å². The molecule has 3 N–H and O–H groups in total. The second-order valence-electron chi connectivity index (χ2n) is 9.08. The third-order valence-corrected chi connectivity index (χ3v) is 6.02. The molecule has 1 heterocycles. The van der Waals surface area contributed by atoms with Crippen LogP contribution in [0.5, 0.6) is 0 Å². The van der Waals surface area contributed by atoms with Gasteiger partial charge in [0.2, 0.25) is 0 Å². The first-order chi connectivity index (χ1) is 17.9. The first kappa shape index (κ1) is 25.8. The highest BCUT2D eigenvalue weighted by Crippen LogP contribution is 2.38. The van der Waals surface area contributed by atoms with E-state index in [1.807, 2.05) is 62.3 Å². The van der Waals surface area contributed by atoms with Crippen molar-refractivity contribution in [1.82, 2.24) is 10.4 Å². The Bertz CT molecular complexity index is 1330. The fourth-order valence-corrected chi connectivity index (χ4v) is 4.08. The standard InChI is InChI=1S/C29H30N4O4/c1-19-16-24-25(17-22(19)18-34)31-29(36)26(24)27(20-8-5-4-6-9-20)30-23-12-10-21(11-13-23)28(35)32-37-15-7-14-33(2)3/h4-6,8-13,16-18,30H,7,14-15H2,1-3H3,(H,31,36)(H,32,35)/b27-26-. The number of fused-ring (bicyclic) bond motifs is 1. The van der Waals surface area contributed by atoms with E-state index in [9.17, 15) is 14.4 Å². The average molecular weight is 499 g/mol. The monoisotopic (exact) mass is 498 g/mol. The molecule has 1 aliphatic heterocycles. The number of carbonyl (C=O) groups excluding carboxylic acids is 3. The summed E-state index contributed by atoms with van der Waals surface area (Å²) in [5.74, 6) is -0.588. The summed E-state index contributed by atoms with van der Waals surface area (Å²) in [7, 11) is 3.96. The molecule has 0 unspecified atom stereocenters. The fraction of sp³-hybridized carbons (Fsp3) is 0.207. The summed E-state index contributed by atoms with van der Waals surface area (Å²) in [5, 5.41) is 6.25. The predicted molar refractivity (Wildman–Crippen MR) is 145 cm³/mol. The summed E-state index contributed by atoms with van der Waals surface area (Å²) in [4.78, 5) is 44.2. The summed E-state index contributed by atoms with van der Waals surface area (Å²) < 4.78 is 0. The van der Waals surface area contributed by atoms with E-state index < -0.39 is 0 Å². The molecule has 0 aliphatic carbocycles. The topological polar surface area (TPSA) is 99.8 Å². The number of carbonyl (C=O) groups is 3. The molecule has 0 saturated carbocycles. The lowest BCUT2D eigenvalue weighted by molar-refractivity contribution is -0.110. The van der Waals surface area contributed by atoms with Gasteiger partial charge in [0.25, 0.3) is 11.8 Å². The zero-order valence-electron chi connectivity index (χ0n) is 21.1. The molecule has 37 heavy (non-hydrogen) atoms. The van der Waals surface area contributed by atoms with Crippen LogP contribution >= 0.6 is 0 Å². The van der Waals surface area contributed by atoms with E-state index in [0.29, 0.717) is 40.4 Å². The van der Waals surface area contributed by atoms with Crippen LogP contribution in [0.4, 0.5) is 11.4 Å². The lowest BCUT2D eigenvalue weighted by atomic mass is 9.97. The molecule has 0 fully saturated rings. The van der Waals surface area contributed by atoms with Gasteiger partial charge in [0.1, 0.15) is 6.29 Å². The number of benzene rings is 3. The normalized spacial score (nSPS) is 13.7. The molecule has 0 radical (unpaired) electrons. The molecule has 1 aliphatic rings. The maximum Gasteiger partial charge on any atom is 0.274 e. The van der Waals surface area contributed by atoms with Gasteiger partial charge >= 0.3 is 0 Å². The van der Waals surface area contributed by atoms with Crippen molar-refractivity contribution in [2.45, 2.75) is 13.3 Å². The van der Waals surface area contributed by atoms with Crippen LogP contribution in [0.15, 0.2) is 66.7 Å². The van der Waals surface area contributed by atoms with Crippen LogP contribution < -0.4 is 16.1 Å². The van der Waals surface area contributed by atoms with E-state index in [-0.39, 0.29) is 11.8 Å². The Morgan fingerprint density at radius 2 is 1.76 bits per heavy atom. The van der Waals surface area contributed by atoms with Crippen LogP contribution in [0, 0.1) is 6.92 Å². The van der Waals surface area contributed by atoms with Crippen molar-refractivity contribution in [2.24, 2.45) is 0 Å². The highest BCUT2D eigenvalue weighted by molar-refractivity contribution is 6.37. The number of anilines is 2. The molecule has 0 atom stereocenters. The molecule has 8 heteroatoms. The Kier molecular flexibility index (Phi) is 8.12. The van der Waals surface area contributed by atoms with Crippen LogP contribution in [0.25, 0.3) is 11.3 Å². The van der Waals surface area contributed by atoms with Crippen LogP contribution in [0.3, 0.4) is 0 Å². The van der Waals surface area contributed by atoms with Crippen LogP contribution in [-0.4, -0.2) is 50.2 Å². The number of hydrogen-bond acceptors (Lipinski definition) is 6. The van der Waals surface area contributed by atoms with E-state index in [1.165, 1.54) is 0 Å². The molecule has 0 bridgehead atoms. The number of rotatable bonds is 10. The van der Waals surface area contributed by atoms with Gasteiger partial charge in [-0.1, -0.05) is 30.3 Å². The van der Waals surface area contributed by atoms with Gasteiger partial charge in [-0.3, -0.25) is 19.2 Å². The lowest BCUT2D eigenvalue weighted by Gasteiger charge is -2.15. The third-order valence-electron chi connectivity index (χ3n) is 6.02. The van der Waals surface area contributed by atoms with Crippen LogP contribution in [-0.2, 0) is 9.63 Å². The molecule has 3 aromatic carbocycles. The Morgan fingerprint density at radius 3 is 2.43 bits per heavy atom. The smallest absolute Gasteiger partial charge is 0.274 e. The molecular weight excluding hydrogens is 468 g/mol. The summed E-state index contributed by atoms with van der Waals surface area (Å²) in [6, 6.07) is 20.0. The van der Waals surface area contributed by atoms with E-state index in [0.717, 1.165) is 35.9 Å². The van der Waals surface area contributed by atoms with Crippen molar-refractivity contribution < 1.29 is 19.2 Å². The van der Waals surface area contributed by atoms with Crippen molar-refractivity contribution in [3.05, 3.63) is 94.5 Å². The minimum absolute atomic E-state index is 0.258. The van der Waals surface area contributed by atoms with Gasteiger partial charge in [-0.25, -0.2) is 5.48 Å². The van der Waals surface area contributed by atoms with Crippen molar-refractivity contribution in [3.63, 3.8) is 0 Å². The number of nitrogens with one attached hydrogen (secondary N) is 3. The summed E-state index contributed by atoms with van der Waals surface area (Å²) >= 11 is 0. The third kappa shape index (κ3) is 6.11. The van der Waals surface area contributed by atoms with E-state index in [2.05, 4.69) is 16.1 Å². The number of aryl methyl sites for hydroxylation is 1. The van der Waals surface area contributed by atoms with Gasteiger partial charge in [-0.2, -0.15) is 0 Å². The zero-order chi connectivity index (χ0) is 26.4. The van der Waals surface area contributed by atoms with Crippen molar-refractivity contribution >= 4 is 40.7 Å². The predicted octanol–water partition coefficient (Wildman–Crippen LogP) is 4.35. The summed E-state index contributed by atoms with van der Waals surface area (Å²) in [6.07, 6.45) is 1.59. The zero-order valence-corrected chi connectivity index (χ0v) is 21.1. The summed E-state index contributed by atoms with van der Waals surface area (Å²) in [6.45, 7) is 3.14. The fourth-order valence-electron chi connectivity index (χ4n) is 4.08. The number of hydrogen-bond donors (Lipinski definition) is 3. The SMILES string of the molecule is Cc1cc2c(cc1C=O)NC(=O)/C2=C(\Nc1ccc(C(=O)NOCCCN(C)C)cc1)c1ccccc1. The number of hydroxylamine groups is 1. The van der Waals surface area contributed by atoms with Gasteiger partial charge in [0.05, 0.1) is 17.9 Å². The maximum atomic E-state index is 13.1. The number of nitrogens with zero attached hydrogens (tertiary/aromatic N) is 1. The highest BCUT2D eigenvalue weighted by Gasteiger charge is 2.29. The Hall–Kier alpha value is -4.27. The Labute approximate surface area is 216 Å². The largest absolute Gasteiger partial charge is 0.354 e. The Morgan fingerprint density at radius 1 is 1.03 bits per heavy atom. The first-order valence-corrected chi connectivity index (χ1v) is 12.0. The molecule has 0 saturated heterocycles. The average Bonchev–Trinajstić information content (AvgIpc) is 3.21. The van der Waals surface area contributed by atoms with Crippen molar-refractivity contribution in [3.8, 4) is 0 Å². The van der Waals surface area contributed by atoms with E-state index in [4.69, 9.17) is 4.84 Å². The van der Waals surface area contributed by atoms with Crippen molar-refractivity contribution in [2.75, 3.05) is 37.9 Å². The number of amides is 2. The molecule has 190 valence electrons. The minimum Gasteiger partial charge on any atom is -0.354 e. The summed E-state index contributed by atoms with van der Waals surface area (Å²) in [5.41, 5.74) is 8.20. The molecule has 0 spiro atoms. The second-order valence-corrected chi connectivity index (χ2v) is 9.08. The molecule has 3 aromatic rings. The molecule has 4 rings (SSSR count). The van der Waals surface area contributed by atoms with Crippen LogP contribution in [0.2, 0.25) is 0 Å².